The molecule has 1 aromatic rings. The van der Waals surface area contributed by atoms with E-state index in [1.165, 1.54) is 49.4 Å². The second kappa shape index (κ2) is 20.7. The number of rotatable bonds is 14. The molecule has 1 heterocycles. The molecule has 2 unspecified atom stereocenters. The number of hydrogen-bond donors (Lipinski definition) is 2. The second-order valence-corrected chi connectivity index (χ2v) is 14.9. The van der Waals surface area contributed by atoms with Crippen molar-refractivity contribution in [2.24, 2.45) is 11.3 Å². The molecule has 1 aliphatic carbocycles. The number of likely N-dealkylation sites (tertiary alicyclic amines) is 1. The highest BCUT2D eigenvalue weighted by Gasteiger charge is 2.28. The Labute approximate surface area is 272 Å². The summed E-state index contributed by atoms with van der Waals surface area (Å²) in [7, 11) is 2.42. The molecule has 1 saturated carbocycles. The highest BCUT2D eigenvalue weighted by atomic mass is 32.2. The van der Waals surface area contributed by atoms with Crippen LogP contribution >= 0.6 is 32.8 Å². The molecule has 1 saturated heterocycles. The van der Waals surface area contributed by atoms with Crippen LogP contribution in [0.1, 0.15) is 77.7 Å². The van der Waals surface area contributed by atoms with Crippen molar-refractivity contribution in [1.82, 2.24) is 20.4 Å². The fourth-order valence-corrected chi connectivity index (χ4v) is 7.43. The van der Waals surface area contributed by atoms with E-state index in [2.05, 4.69) is 49.0 Å². The van der Waals surface area contributed by atoms with Crippen molar-refractivity contribution in [3.05, 3.63) is 35.9 Å². The minimum absolute atomic E-state index is 0.0231. The summed E-state index contributed by atoms with van der Waals surface area (Å²) in [4.78, 5) is 43.6. The van der Waals surface area contributed by atoms with Gasteiger partial charge in [-0.25, -0.2) is 0 Å². The Kier molecular flexibility index (Phi) is 18.2. The molecule has 10 heteroatoms. The molecule has 7 nitrogen and oxygen atoms in total. The smallest absolute Gasteiger partial charge is 0.243 e. The molecule has 43 heavy (non-hydrogen) atoms. The summed E-state index contributed by atoms with van der Waals surface area (Å²) in [6.45, 7) is 10.8. The van der Waals surface area contributed by atoms with E-state index in [1.807, 2.05) is 39.8 Å². The molecule has 1 aliphatic heterocycles. The summed E-state index contributed by atoms with van der Waals surface area (Å²) in [5.74, 6) is 2.34. The first-order valence-electron chi connectivity index (χ1n) is 15.9. The maximum atomic E-state index is 13.5. The van der Waals surface area contributed by atoms with Gasteiger partial charge in [-0.2, -0.15) is 11.8 Å². The van der Waals surface area contributed by atoms with Gasteiger partial charge in [0.25, 0.3) is 0 Å². The van der Waals surface area contributed by atoms with Crippen LogP contribution in [0.3, 0.4) is 0 Å². The van der Waals surface area contributed by atoms with E-state index in [0.29, 0.717) is 24.0 Å². The highest BCUT2D eigenvalue weighted by molar-refractivity contribution is 7.99. The summed E-state index contributed by atoms with van der Waals surface area (Å²) in [5, 5.41) is 6.26. The summed E-state index contributed by atoms with van der Waals surface area (Å²) in [6, 6.07) is 10.0. The van der Waals surface area contributed by atoms with E-state index in [0.717, 1.165) is 38.2 Å². The third-order valence-corrected chi connectivity index (χ3v) is 9.70. The molecule has 0 radical (unpaired) electrons. The fraction of sp³-hybridized carbons (Fsp3) is 0.727. The van der Waals surface area contributed by atoms with Gasteiger partial charge in [0, 0.05) is 37.8 Å². The minimum atomic E-state index is -0.604. The van der Waals surface area contributed by atoms with Gasteiger partial charge < -0.3 is 15.5 Å². The maximum Gasteiger partial charge on any atom is 0.243 e. The van der Waals surface area contributed by atoms with E-state index in [4.69, 9.17) is 0 Å². The average Bonchev–Trinajstić information content (AvgIpc) is 2.98. The lowest BCUT2D eigenvalue weighted by Crippen LogP contribution is -2.54. The zero-order valence-corrected chi connectivity index (χ0v) is 30.0. The largest absolute Gasteiger partial charge is 0.351 e. The predicted octanol–water partition coefficient (Wildman–Crippen LogP) is 5.64. The molecule has 2 fully saturated rings. The molecule has 0 aromatic heterocycles. The zero-order valence-electron chi connectivity index (χ0n) is 27.2. The summed E-state index contributed by atoms with van der Waals surface area (Å²) < 4.78 is 0. The average molecular weight is 653 g/mol. The SMILES string of the molecule is CP.CSCN(CC(=O)NC(CSCC1CCCCC1)C(=O)NC1CCN(Cc2ccccc2)CC1)C(=O)CC(C)(C)C. The van der Waals surface area contributed by atoms with Crippen molar-refractivity contribution >= 4 is 50.5 Å². The van der Waals surface area contributed by atoms with Crippen LogP contribution < -0.4 is 10.6 Å². The molecule has 2 N–H and O–H groups in total. The lowest BCUT2D eigenvalue weighted by atomic mass is 9.91. The Morgan fingerprint density at radius 3 is 2.28 bits per heavy atom. The van der Waals surface area contributed by atoms with Gasteiger partial charge in [-0.1, -0.05) is 77.0 Å². The van der Waals surface area contributed by atoms with Crippen LogP contribution in [0.5, 0.6) is 0 Å². The first-order valence-corrected chi connectivity index (χ1v) is 19.6. The number of amides is 3. The highest BCUT2D eigenvalue weighted by Crippen LogP contribution is 2.27. The van der Waals surface area contributed by atoms with Gasteiger partial charge in [0.1, 0.15) is 12.6 Å². The van der Waals surface area contributed by atoms with Crippen molar-refractivity contribution in [2.75, 3.05) is 49.9 Å². The van der Waals surface area contributed by atoms with Crippen molar-refractivity contribution in [2.45, 2.75) is 90.8 Å². The molecule has 3 amide bonds. The Bertz CT molecular complexity index is 949. The summed E-state index contributed by atoms with van der Waals surface area (Å²) in [6.07, 6.45) is 10.5. The maximum absolute atomic E-state index is 13.5. The number of nitrogens with zero attached hydrogens (tertiary/aromatic N) is 2. The zero-order chi connectivity index (χ0) is 31.7. The van der Waals surface area contributed by atoms with Gasteiger partial charge in [-0.15, -0.1) is 21.0 Å². The molecule has 0 bridgehead atoms. The molecule has 1 aromatic carbocycles. The van der Waals surface area contributed by atoms with Crippen LogP contribution in [0.4, 0.5) is 0 Å². The van der Waals surface area contributed by atoms with Gasteiger partial charge >= 0.3 is 0 Å². The molecule has 244 valence electrons. The quantitative estimate of drug-likeness (QED) is 0.200. The van der Waals surface area contributed by atoms with Gasteiger partial charge in [0.15, 0.2) is 0 Å². The molecule has 2 atom stereocenters. The number of nitrogens with one attached hydrogen (secondary N) is 2. The lowest BCUT2D eigenvalue weighted by molar-refractivity contribution is -0.137. The first kappa shape index (κ1) is 37.9. The van der Waals surface area contributed by atoms with Crippen LogP contribution in [0, 0.1) is 11.3 Å². The van der Waals surface area contributed by atoms with E-state index < -0.39 is 6.04 Å². The molecule has 3 rings (SSSR count). The molecular formula is C33H57N4O3PS2. The van der Waals surface area contributed by atoms with Crippen molar-refractivity contribution in [3.8, 4) is 0 Å². The standard InChI is InChI=1S/C32H52N4O3S2.CH5P/c1-32(2,3)19-30(38)36(24-40-4)21-29(37)34-28(23-41-22-26-13-9-6-10-14-26)31(39)33-27-15-17-35(18-16-27)20-25-11-7-5-8-12-25;1-2/h5,7-8,11-12,26-28H,6,9-10,13-24H2,1-4H3,(H,33,39)(H,34,37);2H2,1H3. The van der Waals surface area contributed by atoms with Gasteiger partial charge in [0.05, 0.1) is 5.88 Å². The fourth-order valence-electron chi connectivity index (χ4n) is 5.61. The lowest BCUT2D eigenvalue weighted by Gasteiger charge is -2.33. The number of piperidine rings is 1. The van der Waals surface area contributed by atoms with Gasteiger partial charge in [0.2, 0.25) is 17.7 Å². The summed E-state index contributed by atoms with van der Waals surface area (Å²) >= 11 is 3.30. The Balaban J connectivity index is 0.00000316. The molecular weight excluding hydrogens is 595 g/mol. The first-order chi connectivity index (χ1) is 20.6. The number of carbonyl (C=O) groups excluding carboxylic acids is 3. The van der Waals surface area contributed by atoms with Crippen molar-refractivity contribution in [3.63, 3.8) is 0 Å². The third-order valence-electron chi connectivity index (χ3n) is 7.85. The topological polar surface area (TPSA) is 81.8 Å². The predicted molar refractivity (Wildman–Crippen MR) is 189 cm³/mol. The Morgan fingerprint density at radius 1 is 1.02 bits per heavy atom. The minimum Gasteiger partial charge on any atom is -0.351 e. The van der Waals surface area contributed by atoms with Crippen LogP contribution in [-0.2, 0) is 20.9 Å². The monoisotopic (exact) mass is 652 g/mol. The van der Waals surface area contributed by atoms with Gasteiger partial charge in [-0.3, -0.25) is 19.3 Å². The normalized spacial score (nSPS) is 17.3. The van der Waals surface area contributed by atoms with E-state index in [9.17, 15) is 14.4 Å². The second-order valence-electron chi connectivity index (χ2n) is 13.0. The number of thioether (sulfide) groups is 2. The van der Waals surface area contributed by atoms with Crippen LogP contribution in [-0.4, -0.2) is 89.5 Å². The molecule has 2 aliphatic rings. The van der Waals surface area contributed by atoms with E-state index >= 15 is 0 Å². The van der Waals surface area contributed by atoms with Gasteiger partial charge in [-0.05, 0) is 54.6 Å². The van der Waals surface area contributed by atoms with Crippen LogP contribution in [0.15, 0.2) is 30.3 Å². The summed E-state index contributed by atoms with van der Waals surface area (Å²) in [5.41, 5.74) is 1.16. The van der Waals surface area contributed by atoms with E-state index in [1.54, 1.807) is 16.7 Å². The van der Waals surface area contributed by atoms with Crippen LogP contribution in [0.25, 0.3) is 0 Å². The number of carbonyl (C=O) groups is 3. The number of benzene rings is 1. The third kappa shape index (κ3) is 15.5. The molecule has 0 spiro atoms. The Morgan fingerprint density at radius 2 is 1.67 bits per heavy atom. The van der Waals surface area contributed by atoms with Crippen molar-refractivity contribution < 1.29 is 14.4 Å². The van der Waals surface area contributed by atoms with Crippen LogP contribution in [0.2, 0.25) is 0 Å². The van der Waals surface area contributed by atoms with Crippen molar-refractivity contribution in [1.29, 1.82) is 0 Å². The number of hydrogen-bond acceptors (Lipinski definition) is 6. The Hall–Kier alpha value is -1.28. The van der Waals surface area contributed by atoms with E-state index in [-0.39, 0.29) is 35.7 Å².